The Balaban J connectivity index is -0.0000000150. The van der Waals surface area contributed by atoms with Gasteiger partial charge in [0.1, 0.15) is 0 Å². The number of quaternary nitrogens is 1. The van der Waals surface area contributed by atoms with E-state index in [9.17, 15) is 0 Å². The van der Waals surface area contributed by atoms with Crippen LogP contribution in [0.2, 0.25) is 0 Å². The van der Waals surface area contributed by atoms with E-state index in [-0.39, 0.29) is 31.0 Å². The van der Waals surface area contributed by atoms with E-state index in [4.69, 9.17) is 15.3 Å². The van der Waals surface area contributed by atoms with Gasteiger partial charge in [-0.05, 0) is 0 Å². The molecule has 0 bridgehead atoms. The fourth-order valence-corrected chi connectivity index (χ4v) is 0. The van der Waals surface area contributed by atoms with Crippen molar-refractivity contribution in [1.82, 2.24) is 6.15 Å². The predicted molar refractivity (Wildman–Crippen MR) is 16.3 cm³/mol. The van der Waals surface area contributed by atoms with Crippen molar-refractivity contribution in [3.05, 3.63) is 15.3 Å². The van der Waals surface area contributed by atoms with Crippen molar-refractivity contribution in [2.45, 2.75) is 0 Å². The molecule has 0 amide bonds. The third-order valence-electron chi connectivity index (χ3n) is 0. The molecule has 7 heavy (non-hydrogen) atoms. The van der Waals surface area contributed by atoms with E-state index in [0.717, 1.165) is 0 Å². The van der Waals surface area contributed by atoms with E-state index < -0.39 is 5.09 Å². The van der Waals surface area contributed by atoms with Crippen LogP contribution in [0.15, 0.2) is 0 Å². The molecule has 0 saturated heterocycles. The fourth-order valence-electron chi connectivity index (χ4n) is 0. The van der Waals surface area contributed by atoms with Gasteiger partial charge in [0.25, 0.3) is 0 Å². The SMILES string of the molecule is O=[N+]([O-])[O-].[Cl-].[Cl-].[NH4+]. The first-order valence-electron chi connectivity index (χ1n) is 0.548. The lowest BCUT2D eigenvalue weighted by molar-refractivity contribution is -0.402. The number of hydrogen-bond donors (Lipinski definition) is 1. The van der Waals surface area contributed by atoms with Crippen molar-refractivity contribution in [3.8, 4) is 0 Å². The summed E-state index contributed by atoms with van der Waals surface area (Å²) >= 11 is 0. The first kappa shape index (κ1) is 29.6. The molecule has 7 heteroatoms. The summed E-state index contributed by atoms with van der Waals surface area (Å²) in [5.74, 6) is 0. The molecule has 0 unspecified atom stereocenters. The second-order valence-corrected chi connectivity index (χ2v) is 0.224. The molecule has 0 saturated carbocycles. The molecule has 0 fully saturated rings. The topological polar surface area (TPSA) is 103 Å². The molecule has 0 aromatic heterocycles. The number of rotatable bonds is 0. The average Bonchev–Trinajstić information content (AvgIpc) is 0.811. The smallest absolute Gasteiger partial charge is 0.0689 e. The zero-order chi connectivity index (χ0) is 3.58. The molecule has 0 spiro atoms. The first-order valence-corrected chi connectivity index (χ1v) is 0.548. The van der Waals surface area contributed by atoms with E-state index in [0.29, 0.717) is 0 Å². The van der Waals surface area contributed by atoms with E-state index in [1.165, 1.54) is 0 Å². The third-order valence-corrected chi connectivity index (χ3v) is 0. The van der Waals surface area contributed by atoms with Crippen molar-refractivity contribution in [1.29, 1.82) is 0 Å². The molecule has 0 radical (unpaired) electrons. The van der Waals surface area contributed by atoms with Crippen molar-refractivity contribution in [3.63, 3.8) is 0 Å². The fraction of sp³-hybridized carbons (Fsp3) is 0. The molecule has 48 valence electrons. The lowest BCUT2D eigenvalue weighted by Crippen LogP contribution is -3.00. The van der Waals surface area contributed by atoms with E-state index in [2.05, 4.69) is 0 Å². The minimum Gasteiger partial charge on any atom is -1.00 e. The predicted octanol–water partition coefficient (Wildman–Crippen LogP) is -5.85. The maximum absolute atomic E-state index is 8.25. The Bertz CT molecular complexity index is 33.9. The molecule has 0 aromatic carbocycles. The summed E-state index contributed by atoms with van der Waals surface area (Å²) in [6, 6.07) is 0. The molecule has 0 aliphatic carbocycles. The highest BCUT2D eigenvalue weighted by atomic mass is 35.5. The minimum atomic E-state index is -1.75. The standard InChI is InChI=1S/2ClH.NO3.H3N/c;;2-1(3)4;/h2*1H;;1H3/q;;-1;/p-1. The van der Waals surface area contributed by atoms with Gasteiger partial charge in [-0.25, -0.2) is 0 Å². The molecule has 4 N–H and O–H groups in total. The molecule has 0 aliphatic rings. The highest BCUT2D eigenvalue weighted by Crippen LogP contribution is 1.44. The normalized spacial score (nSPS) is 3.43. The molecule has 0 aromatic rings. The Morgan fingerprint density at radius 1 is 1.14 bits per heavy atom. The Morgan fingerprint density at radius 3 is 1.14 bits per heavy atom. The molecule has 0 atom stereocenters. The van der Waals surface area contributed by atoms with Crippen molar-refractivity contribution in [2.75, 3.05) is 0 Å². The van der Waals surface area contributed by atoms with E-state index in [1.54, 1.807) is 0 Å². The second-order valence-electron chi connectivity index (χ2n) is 0.224. The Labute approximate surface area is 52.2 Å². The van der Waals surface area contributed by atoms with Crippen LogP contribution in [0.4, 0.5) is 0 Å². The zero-order valence-corrected chi connectivity index (χ0v) is 4.94. The molecule has 5 nitrogen and oxygen atoms in total. The molecule has 0 aliphatic heterocycles. The van der Waals surface area contributed by atoms with Crippen LogP contribution in [0.25, 0.3) is 0 Å². The lowest BCUT2D eigenvalue weighted by Gasteiger charge is -1.74. The summed E-state index contributed by atoms with van der Waals surface area (Å²) in [6.07, 6.45) is 0. The zero-order valence-electron chi connectivity index (χ0n) is 3.43. The second kappa shape index (κ2) is 17.2. The lowest BCUT2D eigenvalue weighted by atomic mass is 13.1. The Kier molecular flexibility index (Phi) is 72.6. The van der Waals surface area contributed by atoms with Gasteiger partial charge in [-0.15, -0.1) is 0 Å². The van der Waals surface area contributed by atoms with Gasteiger partial charge in [-0.1, -0.05) is 0 Å². The summed E-state index contributed by atoms with van der Waals surface area (Å²) in [6.45, 7) is 0. The van der Waals surface area contributed by atoms with E-state index >= 15 is 0 Å². The van der Waals surface area contributed by atoms with Crippen molar-refractivity contribution in [2.24, 2.45) is 0 Å². The highest BCUT2D eigenvalue weighted by Gasteiger charge is 1.45. The highest BCUT2D eigenvalue weighted by molar-refractivity contribution is 4.03. The third kappa shape index (κ3) is 1190. The Hall–Kier alpha value is -0.260. The first-order chi connectivity index (χ1) is 1.73. The van der Waals surface area contributed by atoms with E-state index in [1.807, 2.05) is 0 Å². The van der Waals surface area contributed by atoms with Gasteiger partial charge >= 0.3 is 0 Å². The van der Waals surface area contributed by atoms with Gasteiger partial charge in [0.05, 0.1) is 5.09 Å². The van der Waals surface area contributed by atoms with Crippen LogP contribution in [0.5, 0.6) is 0 Å². The quantitative estimate of drug-likeness (QED) is 0.275. The van der Waals surface area contributed by atoms with Crippen molar-refractivity contribution >= 4 is 0 Å². The summed E-state index contributed by atoms with van der Waals surface area (Å²) < 4.78 is 0. The monoisotopic (exact) mass is 150 g/mol. The summed E-state index contributed by atoms with van der Waals surface area (Å²) in [7, 11) is 0. The van der Waals surface area contributed by atoms with Gasteiger partial charge in [-0.2, -0.15) is 0 Å². The van der Waals surface area contributed by atoms with Crippen LogP contribution in [0.3, 0.4) is 0 Å². The summed E-state index contributed by atoms with van der Waals surface area (Å²) in [5, 5.41) is 14.8. The van der Waals surface area contributed by atoms with Gasteiger partial charge < -0.3 is 46.3 Å². The number of halogens is 2. The van der Waals surface area contributed by atoms with Crippen molar-refractivity contribution < 1.29 is 29.9 Å². The van der Waals surface area contributed by atoms with Crippen LogP contribution in [-0.4, -0.2) is 5.09 Å². The summed E-state index contributed by atoms with van der Waals surface area (Å²) in [4.78, 5) is 8.25. The maximum Gasteiger partial charge on any atom is 0.0689 e. The number of nitrogens with zero attached hydrogens (tertiary/aromatic N) is 1. The average molecular weight is 151 g/mol. The van der Waals surface area contributed by atoms with Crippen LogP contribution in [0, 0.1) is 15.3 Å². The minimum absolute atomic E-state index is 0. The van der Waals surface area contributed by atoms with Gasteiger partial charge in [0, 0.05) is 0 Å². The molecular weight excluding hydrogens is 147 g/mol. The van der Waals surface area contributed by atoms with Crippen LogP contribution in [0.1, 0.15) is 0 Å². The largest absolute Gasteiger partial charge is 1.00 e. The number of hydrogen-bond acceptors (Lipinski definition) is 3. The molecule has 0 heterocycles. The van der Waals surface area contributed by atoms with Gasteiger partial charge in [0.2, 0.25) is 0 Å². The van der Waals surface area contributed by atoms with Crippen LogP contribution >= 0.6 is 0 Å². The van der Waals surface area contributed by atoms with Gasteiger partial charge in [0.15, 0.2) is 0 Å². The van der Waals surface area contributed by atoms with Crippen LogP contribution in [-0.2, 0) is 0 Å². The maximum atomic E-state index is 8.25. The van der Waals surface area contributed by atoms with Crippen LogP contribution < -0.4 is 31.0 Å². The van der Waals surface area contributed by atoms with Gasteiger partial charge in [-0.3, -0.25) is 0 Å². The molecule has 0 rings (SSSR count). The Morgan fingerprint density at radius 2 is 1.14 bits per heavy atom. The summed E-state index contributed by atoms with van der Waals surface area (Å²) in [5.41, 5.74) is 0. The molecular formula is H4Cl2N2O3-2.